The first kappa shape index (κ1) is 16.5. The Labute approximate surface area is 136 Å². The third-order valence-corrected chi connectivity index (χ3v) is 4.59. The van der Waals surface area contributed by atoms with Gasteiger partial charge in [0, 0.05) is 12.4 Å². The highest BCUT2D eigenvalue weighted by atomic mass is 35.5. The summed E-state index contributed by atoms with van der Waals surface area (Å²) >= 11 is 11.5. The number of benzene rings is 1. The summed E-state index contributed by atoms with van der Waals surface area (Å²) < 4.78 is 31.3. The molecule has 0 unspecified atom stereocenters. The molecule has 116 valence electrons. The Bertz CT molecular complexity index is 827. The molecule has 1 heterocycles. The minimum Gasteiger partial charge on any atom is -0.464 e. The van der Waals surface area contributed by atoms with Crippen molar-refractivity contribution in [1.82, 2.24) is 9.97 Å². The first-order valence-electron chi connectivity index (χ1n) is 5.72. The molecule has 0 saturated carbocycles. The Hall–Kier alpha value is -1.90. The Morgan fingerprint density at radius 2 is 1.86 bits per heavy atom. The molecule has 0 aliphatic carbocycles. The average molecular weight is 362 g/mol. The van der Waals surface area contributed by atoms with Crippen LogP contribution in [-0.2, 0) is 14.8 Å². The van der Waals surface area contributed by atoms with E-state index in [1.165, 1.54) is 30.6 Å². The van der Waals surface area contributed by atoms with Gasteiger partial charge in [-0.25, -0.2) is 23.2 Å². The lowest BCUT2D eigenvalue weighted by atomic mass is 10.4. The van der Waals surface area contributed by atoms with Crippen LogP contribution in [0.15, 0.2) is 35.5 Å². The van der Waals surface area contributed by atoms with Gasteiger partial charge < -0.3 is 4.74 Å². The largest absolute Gasteiger partial charge is 0.464 e. The summed E-state index contributed by atoms with van der Waals surface area (Å²) in [6.07, 6.45) is 2.47. The van der Waals surface area contributed by atoms with Crippen molar-refractivity contribution in [2.45, 2.75) is 4.90 Å². The molecule has 0 fully saturated rings. The molecule has 0 saturated heterocycles. The Morgan fingerprint density at radius 1 is 1.18 bits per heavy atom. The average Bonchev–Trinajstić information content (AvgIpc) is 2.49. The Morgan fingerprint density at radius 3 is 2.50 bits per heavy atom. The number of sulfonamides is 1. The molecule has 0 amide bonds. The van der Waals surface area contributed by atoms with Crippen molar-refractivity contribution in [3.05, 3.63) is 46.3 Å². The predicted octanol–water partition coefficient (Wildman–Crippen LogP) is 2.37. The number of hydrogen-bond donors (Lipinski definition) is 1. The van der Waals surface area contributed by atoms with E-state index in [4.69, 9.17) is 23.2 Å². The maximum Gasteiger partial charge on any atom is 0.360 e. The number of halogens is 2. The number of methoxy groups -OCH3 is 1. The van der Waals surface area contributed by atoms with Crippen LogP contribution in [-0.4, -0.2) is 31.5 Å². The van der Waals surface area contributed by atoms with Gasteiger partial charge in [-0.2, -0.15) is 0 Å². The van der Waals surface area contributed by atoms with Crippen molar-refractivity contribution < 1.29 is 17.9 Å². The molecule has 0 spiro atoms. The highest BCUT2D eigenvalue weighted by molar-refractivity contribution is 7.92. The quantitative estimate of drug-likeness (QED) is 0.839. The number of nitrogens with zero attached hydrogens (tertiary/aromatic N) is 2. The van der Waals surface area contributed by atoms with Gasteiger partial charge in [-0.05, 0) is 18.2 Å². The molecular weight excluding hydrogens is 353 g/mol. The molecule has 0 aliphatic heterocycles. The van der Waals surface area contributed by atoms with Crippen LogP contribution in [0, 0.1) is 0 Å². The Balaban J connectivity index is 2.41. The number of rotatable bonds is 4. The van der Waals surface area contributed by atoms with E-state index in [2.05, 4.69) is 19.4 Å². The maximum atomic E-state index is 12.3. The number of nitrogens with one attached hydrogen (secondary N) is 1. The lowest BCUT2D eigenvalue weighted by Crippen LogP contribution is -2.18. The molecule has 22 heavy (non-hydrogen) atoms. The van der Waals surface area contributed by atoms with Crippen LogP contribution >= 0.6 is 23.2 Å². The fourth-order valence-electron chi connectivity index (χ4n) is 1.49. The van der Waals surface area contributed by atoms with Crippen molar-refractivity contribution in [1.29, 1.82) is 0 Å². The predicted molar refractivity (Wildman–Crippen MR) is 80.6 cm³/mol. The van der Waals surface area contributed by atoms with E-state index in [1.54, 1.807) is 0 Å². The summed E-state index contributed by atoms with van der Waals surface area (Å²) in [6.45, 7) is 0. The molecule has 1 aromatic heterocycles. The second-order valence-electron chi connectivity index (χ2n) is 3.93. The van der Waals surface area contributed by atoms with Crippen molar-refractivity contribution in [2.75, 3.05) is 11.8 Å². The lowest BCUT2D eigenvalue weighted by molar-refractivity contribution is 0.0595. The minimum atomic E-state index is -4.02. The first-order chi connectivity index (χ1) is 10.3. The van der Waals surface area contributed by atoms with E-state index < -0.39 is 16.0 Å². The number of carbonyl (C=O) groups is 1. The summed E-state index contributed by atoms with van der Waals surface area (Å²) in [5.41, 5.74) is -0.256. The standard InChI is InChI=1S/C12H9Cl2N3O4S/c1-21-12(18)10-11(16-5-4-15-10)17-22(19,20)7-2-3-8(13)9(14)6-7/h2-6H,1H3,(H,16,17). The van der Waals surface area contributed by atoms with E-state index in [1.807, 2.05) is 0 Å². The van der Waals surface area contributed by atoms with E-state index in [0.717, 1.165) is 7.11 Å². The third-order valence-electron chi connectivity index (χ3n) is 2.51. The van der Waals surface area contributed by atoms with Gasteiger partial charge in [-0.3, -0.25) is 4.72 Å². The number of anilines is 1. The van der Waals surface area contributed by atoms with Gasteiger partial charge >= 0.3 is 5.97 Å². The maximum absolute atomic E-state index is 12.3. The zero-order chi connectivity index (χ0) is 16.3. The van der Waals surface area contributed by atoms with Gasteiger partial charge in [0.25, 0.3) is 10.0 Å². The van der Waals surface area contributed by atoms with E-state index in [-0.39, 0.29) is 26.5 Å². The Kier molecular flexibility index (Phi) is 4.84. The van der Waals surface area contributed by atoms with Gasteiger partial charge in [-0.1, -0.05) is 23.2 Å². The number of hydrogen-bond acceptors (Lipinski definition) is 6. The molecule has 1 N–H and O–H groups in total. The topological polar surface area (TPSA) is 98.2 Å². The minimum absolute atomic E-state index is 0.0804. The molecule has 1 aromatic carbocycles. The van der Waals surface area contributed by atoms with Crippen LogP contribution in [0.5, 0.6) is 0 Å². The summed E-state index contributed by atoms with van der Waals surface area (Å²) in [4.78, 5) is 19.0. The van der Waals surface area contributed by atoms with Gasteiger partial charge in [0.05, 0.1) is 22.1 Å². The van der Waals surface area contributed by atoms with Gasteiger partial charge in [0.15, 0.2) is 11.5 Å². The van der Waals surface area contributed by atoms with Gasteiger partial charge in [-0.15, -0.1) is 0 Å². The number of esters is 1. The normalized spacial score (nSPS) is 11.0. The number of aromatic nitrogens is 2. The first-order valence-corrected chi connectivity index (χ1v) is 7.96. The monoisotopic (exact) mass is 361 g/mol. The van der Waals surface area contributed by atoms with Crippen LogP contribution in [0.4, 0.5) is 5.82 Å². The molecular formula is C12H9Cl2N3O4S. The van der Waals surface area contributed by atoms with Crippen LogP contribution in [0.25, 0.3) is 0 Å². The highest BCUT2D eigenvalue weighted by Crippen LogP contribution is 2.26. The molecule has 10 heteroatoms. The second kappa shape index (κ2) is 6.47. The van der Waals surface area contributed by atoms with Crippen molar-refractivity contribution in [3.8, 4) is 0 Å². The molecule has 0 aliphatic rings. The zero-order valence-corrected chi connectivity index (χ0v) is 13.4. The summed E-state index contributed by atoms with van der Waals surface area (Å²) in [5.74, 6) is -1.07. The SMILES string of the molecule is COC(=O)c1nccnc1NS(=O)(=O)c1ccc(Cl)c(Cl)c1. The van der Waals surface area contributed by atoms with Crippen LogP contribution < -0.4 is 4.72 Å². The van der Waals surface area contributed by atoms with E-state index in [9.17, 15) is 13.2 Å². The number of ether oxygens (including phenoxy) is 1. The van der Waals surface area contributed by atoms with Crippen molar-refractivity contribution in [3.63, 3.8) is 0 Å². The smallest absolute Gasteiger partial charge is 0.360 e. The fraction of sp³-hybridized carbons (Fsp3) is 0.0833. The summed E-state index contributed by atoms with van der Waals surface area (Å²) in [6, 6.07) is 3.79. The van der Waals surface area contributed by atoms with Crippen LogP contribution in [0.2, 0.25) is 10.0 Å². The van der Waals surface area contributed by atoms with Gasteiger partial charge in [0.2, 0.25) is 0 Å². The van der Waals surface area contributed by atoms with Gasteiger partial charge in [0.1, 0.15) is 0 Å². The van der Waals surface area contributed by atoms with Crippen LogP contribution in [0.3, 0.4) is 0 Å². The third kappa shape index (κ3) is 3.46. The zero-order valence-electron chi connectivity index (χ0n) is 11.1. The van der Waals surface area contributed by atoms with E-state index >= 15 is 0 Å². The van der Waals surface area contributed by atoms with Crippen molar-refractivity contribution >= 4 is 45.0 Å². The van der Waals surface area contributed by atoms with Crippen molar-refractivity contribution in [2.24, 2.45) is 0 Å². The molecule has 2 rings (SSSR count). The molecule has 2 aromatic rings. The fourth-order valence-corrected chi connectivity index (χ4v) is 2.89. The second-order valence-corrected chi connectivity index (χ2v) is 6.42. The summed E-state index contributed by atoms with van der Waals surface area (Å²) in [5, 5.41) is 0.298. The highest BCUT2D eigenvalue weighted by Gasteiger charge is 2.21. The van der Waals surface area contributed by atoms with E-state index in [0.29, 0.717) is 0 Å². The number of carbonyl (C=O) groups excluding carboxylic acids is 1. The van der Waals surface area contributed by atoms with Crippen LogP contribution in [0.1, 0.15) is 10.5 Å². The summed E-state index contributed by atoms with van der Waals surface area (Å²) in [7, 11) is -2.87. The molecule has 0 atom stereocenters. The molecule has 0 radical (unpaired) electrons. The lowest BCUT2D eigenvalue weighted by Gasteiger charge is -2.10. The molecule has 0 bridgehead atoms. The molecule has 7 nitrogen and oxygen atoms in total.